The van der Waals surface area contributed by atoms with Crippen LogP contribution in [0.15, 0.2) is 53.4 Å². The highest BCUT2D eigenvalue weighted by Gasteiger charge is 2.28. The summed E-state index contributed by atoms with van der Waals surface area (Å²) in [5.41, 5.74) is 3.38. The Labute approximate surface area is 170 Å². The normalized spacial score (nSPS) is 19.5. The third-order valence-corrected chi connectivity index (χ3v) is 6.64. The van der Waals surface area contributed by atoms with Crippen LogP contribution in [0, 0.1) is 0 Å². The van der Waals surface area contributed by atoms with E-state index < -0.39 is 22.0 Å². The van der Waals surface area contributed by atoms with Crippen LogP contribution in [0.25, 0.3) is 0 Å². The van der Waals surface area contributed by atoms with E-state index in [1.165, 1.54) is 24.8 Å². The molecule has 29 heavy (non-hydrogen) atoms. The van der Waals surface area contributed by atoms with Gasteiger partial charge in [-0.25, -0.2) is 8.42 Å². The average Bonchev–Trinajstić information content (AvgIpc) is 2.78. The first kappa shape index (κ1) is 19.7. The number of nitrogens with one attached hydrogen (secondary N) is 2. The lowest BCUT2D eigenvalue weighted by molar-refractivity contribution is -0.130. The summed E-state index contributed by atoms with van der Waals surface area (Å²) in [6.45, 7) is 0.000654. The van der Waals surface area contributed by atoms with Gasteiger partial charge in [0, 0.05) is 0 Å². The Morgan fingerprint density at radius 2 is 1.62 bits per heavy atom. The van der Waals surface area contributed by atoms with E-state index in [2.05, 4.69) is 10.3 Å². The predicted octanol–water partition coefficient (Wildman–Crippen LogP) is 2.88. The van der Waals surface area contributed by atoms with Gasteiger partial charge in [0.15, 0.2) is 11.5 Å². The molecule has 1 heterocycles. The summed E-state index contributed by atoms with van der Waals surface area (Å²) in [7, 11) is -3.88. The molecule has 0 aromatic heterocycles. The van der Waals surface area contributed by atoms with Crippen molar-refractivity contribution < 1.29 is 22.7 Å². The zero-order chi connectivity index (χ0) is 20.3. The largest absolute Gasteiger partial charge is 0.485 e. The van der Waals surface area contributed by atoms with Crippen molar-refractivity contribution in [2.45, 2.75) is 49.0 Å². The van der Waals surface area contributed by atoms with Crippen LogP contribution >= 0.6 is 0 Å². The molecule has 0 spiro atoms. The number of para-hydroxylation sites is 2. The Morgan fingerprint density at radius 3 is 2.34 bits per heavy atom. The second-order valence-corrected chi connectivity index (χ2v) is 9.05. The van der Waals surface area contributed by atoms with E-state index in [-0.39, 0.29) is 11.5 Å². The second-order valence-electron chi connectivity index (χ2n) is 7.36. The molecule has 0 saturated heterocycles. The maximum atomic E-state index is 12.5. The van der Waals surface area contributed by atoms with E-state index in [0.29, 0.717) is 17.4 Å². The lowest BCUT2D eigenvalue weighted by Crippen LogP contribution is -2.50. The highest BCUT2D eigenvalue weighted by Crippen LogP contribution is 2.33. The number of carbonyl (C=O) groups is 1. The van der Waals surface area contributed by atoms with Crippen molar-refractivity contribution in [3.05, 3.63) is 54.1 Å². The van der Waals surface area contributed by atoms with Gasteiger partial charge in [0.25, 0.3) is 15.9 Å². The number of ether oxygens (including phenoxy) is 2. The minimum absolute atomic E-state index is 0.000654. The SMILES string of the molecule is O=C(NNS(=O)(=O)c1ccc(C2CCCCC2)cc1)[C@@H]1COc2ccccc2O1. The molecular formula is C21H24N2O5S. The fraction of sp³-hybridized carbons (Fsp3) is 0.381. The molecule has 1 amide bonds. The van der Waals surface area contributed by atoms with E-state index in [1.54, 1.807) is 36.4 Å². The smallest absolute Gasteiger partial charge is 0.279 e. The van der Waals surface area contributed by atoms with Crippen LogP contribution in [0.5, 0.6) is 11.5 Å². The number of sulfonamides is 1. The molecule has 2 aliphatic rings. The van der Waals surface area contributed by atoms with Crippen LogP contribution in [0.3, 0.4) is 0 Å². The molecule has 2 aromatic carbocycles. The van der Waals surface area contributed by atoms with E-state index in [0.717, 1.165) is 12.8 Å². The Bertz CT molecular complexity index is 969. The summed E-state index contributed by atoms with van der Waals surface area (Å²) in [5.74, 6) is 0.872. The summed E-state index contributed by atoms with van der Waals surface area (Å²) < 4.78 is 36.1. The number of carbonyl (C=O) groups excluding carboxylic acids is 1. The first-order valence-electron chi connectivity index (χ1n) is 9.83. The summed E-state index contributed by atoms with van der Waals surface area (Å²) in [6, 6.07) is 13.9. The molecule has 1 fully saturated rings. The molecule has 1 aliphatic carbocycles. The molecule has 0 unspecified atom stereocenters. The predicted molar refractivity (Wildman–Crippen MR) is 107 cm³/mol. The Balaban J connectivity index is 1.35. The molecule has 1 aliphatic heterocycles. The topological polar surface area (TPSA) is 93.7 Å². The number of fused-ring (bicyclic) bond motifs is 1. The van der Waals surface area contributed by atoms with Gasteiger partial charge < -0.3 is 9.47 Å². The molecule has 1 atom stereocenters. The molecule has 2 aromatic rings. The maximum absolute atomic E-state index is 12.5. The van der Waals surface area contributed by atoms with Crippen molar-refractivity contribution >= 4 is 15.9 Å². The summed E-state index contributed by atoms with van der Waals surface area (Å²) in [4.78, 5) is 14.5. The molecule has 2 N–H and O–H groups in total. The van der Waals surface area contributed by atoms with Crippen LogP contribution in [0.4, 0.5) is 0 Å². The van der Waals surface area contributed by atoms with Gasteiger partial charge in [-0.15, -0.1) is 4.83 Å². The molecule has 154 valence electrons. The molecule has 1 saturated carbocycles. The molecule has 4 rings (SSSR count). The summed E-state index contributed by atoms with van der Waals surface area (Å²) in [5, 5.41) is 0. The Kier molecular flexibility index (Phi) is 5.73. The Hall–Kier alpha value is -2.58. The lowest BCUT2D eigenvalue weighted by atomic mass is 9.84. The molecule has 0 bridgehead atoms. The van der Waals surface area contributed by atoms with E-state index >= 15 is 0 Å². The van der Waals surface area contributed by atoms with E-state index in [4.69, 9.17) is 9.47 Å². The third-order valence-electron chi connectivity index (χ3n) is 5.38. The van der Waals surface area contributed by atoms with Gasteiger partial charge in [0.2, 0.25) is 6.10 Å². The van der Waals surface area contributed by atoms with Crippen LogP contribution in [-0.2, 0) is 14.8 Å². The standard InChI is InChI=1S/C21H24N2O5S/c24-21(20-14-27-18-8-4-5-9-19(18)28-20)22-23-29(25,26)17-12-10-16(11-13-17)15-6-2-1-3-7-15/h4-5,8-13,15,20,23H,1-3,6-7,14H2,(H,22,24)/t20-/m0/s1. The monoisotopic (exact) mass is 416 g/mol. The fourth-order valence-electron chi connectivity index (χ4n) is 3.76. The van der Waals surface area contributed by atoms with Gasteiger partial charge in [0.1, 0.15) is 6.61 Å². The van der Waals surface area contributed by atoms with Crippen molar-refractivity contribution in [1.29, 1.82) is 0 Å². The zero-order valence-electron chi connectivity index (χ0n) is 16.0. The average molecular weight is 416 g/mol. The number of hydrogen-bond donors (Lipinski definition) is 2. The minimum Gasteiger partial charge on any atom is -0.485 e. The van der Waals surface area contributed by atoms with Crippen LogP contribution in [0.2, 0.25) is 0 Å². The van der Waals surface area contributed by atoms with Gasteiger partial charge in [-0.3, -0.25) is 10.2 Å². The minimum atomic E-state index is -3.88. The number of amides is 1. The maximum Gasteiger partial charge on any atom is 0.279 e. The number of hydrogen-bond acceptors (Lipinski definition) is 5. The van der Waals surface area contributed by atoms with Gasteiger partial charge >= 0.3 is 0 Å². The molecule has 7 nitrogen and oxygen atoms in total. The van der Waals surface area contributed by atoms with Gasteiger partial charge in [-0.1, -0.05) is 43.5 Å². The van der Waals surface area contributed by atoms with Crippen molar-refractivity contribution in [2.24, 2.45) is 0 Å². The number of rotatable bonds is 5. The van der Waals surface area contributed by atoms with E-state index in [1.807, 2.05) is 12.1 Å². The lowest BCUT2D eigenvalue weighted by Gasteiger charge is -2.25. The molecule has 0 radical (unpaired) electrons. The van der Waals surface area contributed by atoms with Crippen molar-refractivity contribution in [3.8, 4) is 11.5 Å². The third kappa shape index (κ3) is 4.54. The highest BCUT2D eigenvalue weighted by atomic mass is 32.2. The Morgan fingerprint density at radius 1 is 0.931 bits per heavy atom. The summed E-state index contributed by atoms with van der Waals surface area (Å²) >= 11 is 0. The van der Waals surface area contributed by atoms with Crippen molar-refractivity contribution in [3.63, 3.8) is 0 Å². The van der Waals surface area contributed by atoms with Gasteiger partial charge in [-0.05, 0) is 48.6 Å². The van der Waals surface area contributed by atoms with E-state index in [9.17, 15) is 13.2 Å². The van der Waals surface area contributed by atoms with Crippen LogP contribution in [0.1, 0.15) is 43.6 Å². The second kappa shape index (κ2) is 8.42. The highest BCUT2D eigenvalue weighted by molar-refractivity contribution is 7.89. The molecular weight excluding hydrogens is 392 g/mol. The van der Waals surface area contributed by atoms with Crippen LogP contribution in [-0.4, -0.2) is 27.0 Å². The fourth-order valence-corrected chi connectivity index (χ4v) is 4.61. The number of benzene rings is 2. The van der Waals surface area contributed by atoms with Gasteiger partial charge in [-0.2, -0.15) is 0 Å². The number of hydrazine groups is 1. The first-order valence-corrected chi connectivity index (χ1v) is 11.3. The first-order chi connectivity index (χ1) is 14.0. The van der Waals surface area contributed by atoms with Crippen molar-refractivity contribution in [1.82, 2.24) is 10.3 Å². The summed E-state index contributed by atoms with van der Waals surface area (Å²) in [6.07, 6.45) is 5.06. The quantitative estimate of drug-likeness (QED) is 0.731. The zero-order valence-corrected chi connectivity index (χ0v) is 16.8. The molecule has 8 heteroatoms. The van der Waals surface area contributed by atoms with Crippen LogP contribution < -0.4 is 19.7 Å². The van der Waals surface area contributed by atoms with Crippen molar-refractivity contribution in [2.75, 3.05) is 6.61 Å². The van der Waals surface area contributed by atoms with Gasteiger partial charge in [0.05, 0.1) is 4.90 Å².